The molecular formula is C35H56O. The Morgan fingerprint density at radius 3 is 2.17 bits per heavy atom. The Morgan fingerprint density at radius 1 is 1.00 bits per heavy atom. The lowest BCUT2D eigenvalue weighted by atomic mass is 9.38. The minimum absolute atomic E-state index is 0.0676. The summed E-state index contributed by atoms with van der Waals surface area (Å²) < 4.78 is 0. The standard InChI is InChI=1S/C35H56O/c1-22(2)24(5)13-14-26(23(3)4)30-25(6)21-34(11)28-16-20-35(12)31(7,8)29(36)17-19-32(35,9)27(28)15-18-33(30,34)10/h15-16,22,25-26,29-30,36H,3,5,13-14,17-21H2,1-2,4,6-12H3/t25-,26?,29+,30-,32-,33-,34+,35+/m1/s1. The summed E-state index contributed by atoms with van der Waals surface area (Å²) in [5.74, 6) is 2.42. The molecule has 0 aromatic heterocycles. The zero-order chi connectivity index (χ0) is 27.1. The van der Waals surface area contributed by atoms with Gasteiger partial charge in [-0.15, -0.1) is 0 Å². The quantitative estimate of drug-likeness (QED) is 0.366. The van der Waals surface area contributed by atoms with E-state index >= 15 is 0 Å². The lowest BCUT2D eigenvalue weighted by Gasteiger charge is -2.66. The van der Waals surface area contributed by atoms with Crippen LogP contribution < -0.4 is 0 Å². The van der Waals surface area contributed by atoms with E-state index in [1.165, 1.54) is 24.0 Å². The van der Waals surface area contributed by atoms with E-state index < -0.39 is 0 Å². The van der Waals surface area contributed by atoms with Crippen LogP contribution >= 0.6 is 0 Å². The van der Waals surface area contributed by atoms with Crippen LogP contribution in [0.5, 0.6) is 0 Å². The van der Waals surface area contributed by atoms with Crippen LogP contribution in [-0.4, -0.2) is 11.2 Å². The van der Waals surface area contributed by atoms with Gasteiger partial charge in [-0.05, 0) is 114 Å². The molecule has 4 rings (SSSR count). The minimum atomic E-state index is -0.219. The Balaban J connectivity index is 1.76. The van der Waals surface area contributed by atoms with E-state index in [-0.39, 0.29) is 33.2 Å². The monoisotopic (exact) mass is 492 g/mol. The van der Waals surface area contributed by atoms with Crippen molar-refractivity contribution in [3.63, 3.8) is 0 Å². The first-order valence-electron chi connectivity index (χ1n) is 14.9. The molecule has 2 saturated carbocycles. The van der Waals surface area contributed by atoms with E-state index in [0.717, 1.165) is 32.1 Å². The molecule has 1 N–H and O–H groups in total. The fraction of sp³-hybridized carbons (Fsp3) is 0.771. The van der Waals surface area contributed by atoms with Crippen molar-refractivity contribution in [1.82, 2.24) is 0 Å². The summed E-state index contributed by atoms with van der Waals surface area (Å²) in [5.41, 5.74) is 6.55. The van der Waals surface area contributed by atoms with Gasteiger partial charge < -0.3 is 5.11 Å². The van der Waals surface area contributed by atoms with Gasteiger partial charge >= 0.3 is 0 Å². The van der Waals surface area contributed by atoms with Crippen molar-refractivity contribution in [3.8, 4) is 0 Å². The van der Waals surface area contributed by atoms with Crippen molar-refractivity contribution < 1.29 is 5.11 Å². The number of hydrogen-bond donors (Lipinski definition) is 1. The van der Waals surface area contributed by atoms with Crippen LogP contribution in [0.4, 0.5) is 0 Å². The molecule has 0 spiro atoms. The van der Waals surface area contributed by atoms with E-state index in [9.17, 15) is 5.11 Å². The lowest BCUT2D eigenvalue weighted by Crippen LogP contribution is -2.60. The molecule has 0 radical (unpaired) electrons. The molecule has 0 heterocycles. The largest absolute Gasteiger partial charge is 0.393 e. The van der Waals surface area contributed by atoms with Crippen LogP contribution in [0, 0.1) is 50.7 Å². The van der Waals surface area contributed by atoms with E-state index in [1.54, 1.807) is 11.1 Å². The number of allylic oxidation sites excluding steroid dienone is 6. The van der Waals surface area contributed by atoms with E-state index in [0.29, 0.717) is 23.7 Å². The van der Waals surface area contributed by atoms with E-state index in [4.69, 9.17) is 0 Å². The van der Waals surface area contributed by atoms with Gasteiger partial charge in [0.2, 0.25) is 0 Å². The highest BCUT2D eigenvalue weighted by Crippen LogP contribution is 2.75. The molecule has 0 aromatic rings. The molecule has 0 bridgehead atoms. The molecule has 202 valence electrons. The highest BCUT2D eigenvalue weighted by atomic mass is 16.3. The Morgan fingerprint density at radius 2 is 1.58 bits per heavy atom. The van der Waals surface area contributed by atoms with Crippen molar-refractivity contribution in [2.45, 2.75) is 120 Å². The molecule has 0 saturated heterocycles. The van der Waals surface area contributed by atoms with Crippen molar-refractivity contribution in [2.24, 2.45) is 50.7 Å². The molecule has 36 heavy (non-hydrogen) atoms. The molecule has 4 aliphatic rings. The van der Waals surface area contributed by atoms with Gasteiger partial charge in [0.1, 0.15) is 0 Å². The maximum absolute atomic E-state index is 11.0. The fourth-order valence-corrected chi connectivity index (χ4v) is 9.93. The summed E-state index contributed by atoms with van der Waals surface area (Å²) in [5, 5.41) is 11.0. The van der Waals surface area contributed by atoms with Crippen molar-refractivity contribution in [3.05, 3.63) is 47.6 Å². The second kappa shape index (κ2) is 8.72. The smallest absolute Gasteiger partial charge is 0.0597 e. The highest BCUT2D eigenvalue weighted by Gasteiger charge is 2.67. The lowest BCUT2D eigenvalue weighted by molar-refractivity contribution is -0.147. The third kappa shape index (κ3) is 3.50. The van der Waals surface area contributed by atoms with Gasteiger partial charge in [0.05, 0.1) is 6.10 Å². The average Bonchev–Trinajstić information content (AvgIpc) is 2.99. The molecule has 1 heteroatoms. The zero-order valence-corrected chi connectivity index (χ0v) is 25.4. The number of aliphatic hydroxyl groups is 1. The highest BCUT2D eigenvalue weighted by molar-refractivity contribution is 5.51. The second-order valence-electron chi connectivity index (χ2n) is 15.3. The first-order valence-corrected chi connectivity index (χ1v) is 14.9. The molecule has 0 amide bonds. The Kier molecular flexibility index (Phi) is 6.77. The third-order valence-corrected chi connectivity index (χ3v) is 13.3. The summed E-state index contributed by atoms with van der Waals surface area (Å²) in [7, 11) is 0. The van der Waals surface area contributed by atoms with Gasteiger partial charge in [0.15, 0.2) is 0 Å². The molecule has 0 aromatic carbocycles. The van der Waals surface area contributed by atoms with Crippen LogP contribution in [0.1, 0.15) is 114 Å². The summed E-state index contributed by atoms with van der Waals surface area (Å²) >= 11 is 0. The average molecular weight is 493 g/mol. The van der Waals surface area contributed by atoms with E-state index in [2.05, 4.69) is 94.5 Å². The van der Waals surface area contributed by atoms with Gasteiger partial charge in [-0.3, -0.25) is 0 Å². The van der Waals surface area contributed by atoms with Crippen molar-refractivity contribution in [2.75, 3.05) is 0 Å². The normalized spacial score (nSPS) is 44.2. The van der Waals surface area contributed by atoms with Crippen molar-refractivity contribution >= 4 is 0 Å². The van der Waals surface area contributed by atoms with Gasteiger partial charge in [-0.1, -0.05) is 98.8 Å². The number of hydrogen-bond acceptors (Lipinski definition) is 1. The Hall–Kier alpha value is -1.08. The van der Waals surface area contributed by atoms with Gasteiger partial charge in [0.25, 0.3) is 0 Å². The zero-order valence-electron chi connectivity index (χ0n) is 25.4. The predicted octanol–water partition coefficient (Wildman–Crippen LogP) is 9.69. The Labute approximate surface area is 223 Å². The minimum Gasteiger partial charge on any atom is -0.393 e. The predicted molar refractivity (Wildman–Crippen MR) is 156 cm³/mol. The summed E-state index contributed by atoms with van der Waals surface area (Å²) in [6.07, 6.45) is 12.9. The van der Waals surface area contributed by atoms with Crippen molar-refractivity contribution in [1.29, 1.82) is 0 Å². The summed E-state index contributed by atoms with van der Waals surface area (Å²) in [4.78, 5) is 0. The molecule has 1 unspecified atom stereocenters. The van der Waals surface area contributed by atoms with E-state index in [1.807, 2.05) is 0 Å². The number of aliphatic hydroxyl groups excluding tert-OH is 1. The SMILES string of the molecule is C=C(CCC(C(=C)C)[C@H]1[C@H](C)C[C@@]2(C)C3=CC[C@@]4(C)C(C)(C)[C@@H](O)CC[C@]4(C)C3=CC[C@]12C)C(C)C. The molecular weight excluding hydrogens is 436 g/mol. The number of fused-ring (bicyclic) bond motifs is 5. The maximum atomic E-state index is 11.0. The summed E-state index contributed by atoms with van der Waals surface area (Å²) in [6.45, 7) is 33.2. The molecule has 4 aliphatic carbocycles. The maximum Gasteiger partial charge on any atom is 0.0597 e. The Bertz CT molecular complexity index is 992. The molecule has 0 aliphatic heterocycles. The third-order valence-electron chi connectivity index (χ3n) is 13.3. The van der Waals surface area contributed by atoms with Crippen LogP contribution in [-0.2, 0) is 0 Å². The van der Waals surface area contributed by atoms with Crippen LogP contribution in [0.2, 0.25) is 0 Å². The van der Waals surface area contributed by atoms with Gasteiger partial charge in [-0.2, -0.15) is 0 Å². The van der Waals surface area contributed by atoms with Crippen LogP contribution in [0.15, 0.2) is 47.6 Å². The molecule has 1 nitrogen and oxygen atoms in total. The van der Waals surface area contributed by atoms with Crippen LogP contribution in [0.25, 0.3) is 0 Å². The summed E-state index contributed by atoms with van der Waals surface area (Å²) in [6, 6.07) is 0. The second-order valence-corrected chi connectivity index (χ2v) is 15.3. The topological polar surface area (TPSA) is 20.2 Å². The first kappa shape index (κ1) is 27.9. The van der Waals surface area contributed by atoms with Crippen LogP contribution in [0.3, 0.4) is 0 Å². The number of rotatable bonds is 6. The van der Waals surface area contributed by atoms with Gasteiger partial charge in [0, 0.05) is 0 Å². The fourth-order valence-electron chi connectivity index (χ4n) is 9.93. The van der Waals surface area contributed by atoms with Gasteiger partial charge in [-0.25, -0.2) is 0 Å². The molecule has 2 fully saturated rings. The molecule has 8 atom stereocenters. The first-order chi connectivity index (χ1) is 16.5.